The molecule has 2 fully saturated rings. The molecule has 0 spiro atoms. The number of nitrogens with one attached hydrogen (secondary N) is 1. The van der Waals surface area contributed by atoms with Crippen molar-refractivity contribution in [1.82, 2.24) is 10.2 Å². The minimum Gasteiger partial charge on any atom is -0.450 e. The highest BCUT2D eigenvalue weighted by Gasteiger charge is 2.32. The Balaban J connectivity index is 1.53. The molecule has 9 heteroatoms. The molecule has 158 valence electrons. The third kappa shape index (κ3) is 5.29. The lowest BCUT2D eigenvalue weighted by Gasteiger charge is -2.35. The van der Waals surface area contributed by atoms with Gasteiger partial charge in [0.05, 0.1) is 24.7 Å². The average molecular weight is 421 g/mol. The first-order valence-electron chi connectivity index (χ1n) is 10.0. The molecule has 1 atom stereocenters. The largest absolute Gasteiger partial charge is 0.450 e. The van der Waals surface area contributed by atoms with Crippen LogP contribution in [0.1, 0.15) is 20.3 Å². The van der Waals surface area contributed by atoms with E-state index >= 15 is 0 Å². The Labute approximate surface area is 176 Å². The van der Waals surface area contributed by atoms with Gasteiger partial charge in [0.1, 0.15) is 6.10 Å². The Morgan fingerprint density at radius 2 is 1.83 bits per heavy atom. The lowest BCUT2D eigenvalue weighted by Crippen LogP contribution is -2.49. The highest BCUT2D eigenvalue weighted by molar-refractivity contribution is 7.80. The zero-order valence-electron chi connectivity index (χ0n) is 16.9. The fourth-order valence-corrected chi connectivity index (χ4v) is 3.48. The van der Waals surface area contributed by atoms with Gasteiger partial charge in [-0.25, -0.2) is 9.59 Å². The summed E-state index contributed by atoms with van der Waals surface area (Å²) in [7, 11) is 0. The van der Waals surface area contributed by atoms with Crippen LogP contribution < -0.4 is 15.1 Å². The lowest BCUT2D eigenvalue weighted by atomic mass is 10.2. The van der Waals surface area contributed by atoms with E-state index in [2.05, 4.69) is 10.2 Å². The maximum Gasteiger partial charge on any atom is 0.414 e. The highest BCUT2D eigenvalue weighted by atomic mass is 32.1. The molecule has 0 radical (unpaired) electrons. The quantitative estimate of drug-likeness (QED) is 0.709. The van der Waals surface area contributed by atoms with Crippen LogP contribution in [0.5, 0.6) is 0 Å². The van der Waals surface area contributed by atoms with Crippen LogP contribution in [0.2, 0.25) is 0 Å². The summed E-state index contributed by atoms with van der Waals surface area (Å²) in [6.45, 7) is 7.96. The Morgan fingerprint density at radius 1 is 1.17 bits per heavy atom. The van der Waals surface area contributed by atoms with Gasteiger partial charge in [-0.05, 0) is 37.6 Å². The number of anilines is 2. The van der Waals surface area contributed by atoms with Crippen LogP contribution in [-0.2, 0) is 9.47 Å². The van der Waals surface area contributed by atoms with E-state index in [4.69, 9.17) is 21.7 Å². The average Bonchev–Trinajstić information content (AvgIpc) is 3.13. The summed E-state index contributed by atoms with van der Waals surface area (Å²) in [5.41, 5.74) is 1.88. The molecule has 0 bridgehead atoms. The topological polar surface area (TPSA) is 74.3 Å². The normalized spacial score (nSPS) is 19.2. The van der Waals surface area contributed by atoms with Crippen LogP contribution >= 0.6 is 12.2 Å². The summed E-state index contributed by atoms with van der Waals surface area (Å²) in [5.74, 6) is 0. The molecule has 1 aromatic carbocycles. The highest BCUT2D eigenvalue weighted by Crippen LogP contribution is 2.25. The van der Waals surface area contributed by atoms with Crippen molar-refractivity contribution in [1.29, 1.82) is 0 Å². The van der Waals surface area contributed by atoms with E-state index in [0.717, 1.165) is 35.9 Å². The number of piperazine rings is 1. The number of amides is 2. The van der Waals surface area contributed by atoms with Crippen LogP contribution in [-0.4, -0.2) is 74.1 Å². The summed E-state index contributed by atoms with van der Waals surface area (Å²) in [5, 5.41) is 3.12. The molecule has 0 saturated carbocycles. The summed E-state index contributed by atoms with van der Waals surface area (Å²) in [6, 6.07) is 7.86. The molecule has 2 heterocycles. The molecule has 1 unspecified atom stereocenters. The van der Waals surface area contributed by atoms with E-state index < -0.39 is 0 Å². The van der Waals surface area contributed by atoms with E-state index in [1.165, 1.54) is 0 Å². The third-order valence-corrected chi connectivity index (χ3v) is 5.49. The molecule has 0 aliphatic carbocycles. The minimum atomic E-state index is -0.338. The number of thiocarbonyl (C=S) groups is 1. The Morgan fingerprint density at radius 3 is 2.45 bits per heavy atom. The van der Waals surface area contributed by atoms with Crippen LogP contribution in [0.15, 0.2) is 24.3 Å². The summed E-state index contributed by atoms with van der Waals surface area (Å²) < 4.78 is 10.5. The Hall–Kier alpha value is -2.55. The summed E-state index contributed by atoms with van der Waals surface area (Å²) in [6.07, 6.45) is -0.0358. The molecule has 2 saturated heterocycles. The monoisotopic (exact) mass is 420 g/mol. The maximum atomic E-state index is 12.2. The van der Waals surface area contributed by atoms with Gasteiger partial charge in [-0.15, -0.1) is 0 Å². The van der Waals surface area contributed by atoms with Gasteiger partial charge in [-0.3, -0.25) is 4.90 Å². The van der Waals surface area contributed by atoms with Crippen LogP contribution in [0.25, 0.3) is 0 Å². The zero-order valence-corrected chi connectivity index (χ0v) is 17.7. The van der Waals surface area contributed by atoms with Crippen molar-refractivity contribution >= 4 is 40.8 Å². The third-order valence-electron chi connectivity index (χ3n) is 5.05. The van der Waals surface area contributed by atoms with Gasteiger partial charge < -0.3 is 24.6 Å². The molecule has 2 aliphatic rings. The van der Waals surface area contributed by atoms with Crippen molar-refractivity contribution in [2.45, 2.75) is 26.4 Å². The van der Waals surface area contributed by atoms with Crippen molar-refractivity contribution in [3.05, 3.63) is 24.3 Å². The number of carbonyl (C=O) groups excluding carboxylic acids is 2. The van der Waals surface area contributed by atoms with Gasteiger partial charge >= 0.3 is 12.2 Å². The van der Waals surface area contributed by atoms with Gasteiger partial charge in [-0.2, -0.15) is 0 Å². The fourth-order valence-electron chi connectivity index (χ4n) is 3.40. The number of rotatable bonds is 6. The maximum absolute atomic E-state index is 12.2. The smallest absolute Gasteiger partial charge is 0.414 e. The second-order valence-electron chi connectivity index (χ2n) is 6.96. The van der Waals surface area contributed by atoms with E-state index in [1.54, 1.807) is 9.80 Å². The standard InChI is InChI=1S/C20H28N4O4S/c1-3-18(29)21-13-17-14-24(20(26)28-17)16-7-5-15(6-8-16)22-9-11-23(12-10-22)19(25)27-4-2/h5-8,17H,3-4,9-14H2,1-2H3,(H,21,29). The van der Waals surface area contributed by atoms with Crippen molar-refractivity contribution in [3.63, 3.8) is 0 Å². The molecule has 8 nitrogen and oxygen atoms in total. The van der Waals surface area contributed by atoms with Crippen LogP contribution in [0.3, 0.4) is 0 Å². The first kappa shape index (κ1) is 21.2. The predicted molar refractivity (Wildman–Crippen MR) is 116 cm³/mol. The first-order valence-corrected chi connectivity index (χ1v) is 10.4. The van der Waals surface area contributed by atoms with Gasteiger partial charge in [0.25, 0.3) is 0 Å². The Bertz CT molecular complexity index is 735. The van der Waals surface area contributed by atoms with E-state index in [-0.39, 0.29) is 18.3 Å². The van der Waals surface area contributed by atoms with Crippen molar-refractivity contribution < 1.29 is 19.1 Å². The van der Waals surface area contributed by atoms with Gasteiger partial charge in [0.15, 0.2) is 0 Å². The number of nitrogens with zero attached hydrogens (tertiary/aromatic N) is 3. The molecule has 2 aliphatic heterocycles. The van der Waals surface area contributed by atoms with Gasteiger partial charge in [0, 0.05) is 37.6 Å². The van der Waals surface area contributed by atoms with Crippen molar-refractivity contribution in [2.75, 3.05) is 55.7 Å². The number of cyclic esters (lactones) is 1. The Kier molecular flexibility index (Phi) is 7.13. The molecule has 1 N–H and O–H groups in total. The predicted octanol–water partition coefficient (Wildman–Crippen LogP) is 2.62. The van der Waals surface area contributed by atoms with Crippen molar-refractivity contribution in [3.8, 4) is 0 Å². The number of ether oxygens (including phenoxy) is 2. The molecule has 0 aromatic heterocycles. The molecule has 2 amide bonds. The second-order valence-corrected chi connectivity index (χ2v) is 7.46. The van der Waals surface area contributed by atoms with Crippen LogP contribution in [0.4, 0.5) is 21.0 Å². The second kappa shape index (κ2) is 9.78. The van der Waals surface area contributed by atoms with Gasteiger partial charge in [-0.1, -0.05) is 19.1 Å². The van der Waals surface area contributed by atoms with E-state index in [1.807, 2.05) is 38.1 Å². The number of hydrogen-bond acceptors (Lipinski definition) is 6. The molecule has 1 aromatic rings. The summed E-state index contributed by atoms with van der Waals surface area (Å²) in [4.78, 5) is 30.4. The SMILES string of the molecule is CCOC(=O)N1CCN(c2ccc(N3CC(CNC(=S)CC)OC3=O)cc2)CC1. The molecular weight excluding hydrogens is 392 g/mol. The molecule has 29 heavy (non-hydrogen) atoms. The number of carbonyl (C=O) groups is 2. The minimum absolute atomic E-state index is 0.220. The van der Waals surface area contributed by atoms with Crippen LogP contribution in [0, 0.1) is 0 Å². The lowest BCUT2D eigenvalue weighted by molar-refractivity contribution is 0.105. The number of hydrogen-bond donors (Lipinski definition) is 1. The summed E-state index contributed by atoms with van der Waals surface area (Å²) >= 11 is 5.15. The van der Waals surface area contributed by atoms with E-state index in [0.29, 0.717) is 32.8 Å². The molecular formula is C20H28N4O4S. The van der Waals surface area contributed by atoms with E-state index in [9.17, 15) is 9.59 Å². The first-order chi connectivity index (χ1) is 14.0. The molecule has 3 rings (SSSR count). The van der Waals surface area contributed by atoms with Crippen molar-refractivity contribution in [2.24, 2.45) is 0 Å². The van der Waals surface area contributed by atoms with Gasteiger partial charge in [0.2, 0.25) is 0 Å². The fraction of sp³-hybridized carbons (Fsp3) is 0.550. The zero-order chi connectivity index (χ0) is 20.8. The number of benzene rings is 1.